The Balaban J connectivity index is 2.13. The monoisotopic (exact) mass is 272 g/mol. The molecule has 0 spiro atoms. The van der Waals surface area contributed by atoms with Crippen LogP contribution in [-0.4, -0.2) is 24.7 Å². The lowest BCUT2D eigenvalue weighted by Gasteiger charge is -2.13. The van der Waals surface area contributed by atoms with Crippen molar-refractivity contribution in [1.29, 1.82) is 0 Å². The summed E-state index contributed by atoms with van der Waals surface area (Å²) >= 11 is 0. The van der Waals surface area contributed by atoms with Crippen molar-refractivity contribution in [3.8, 4) is 11.5 Å². The van der Waals surface area contributed by atoms with Crippen LogP contribution in [0.2, 0.25) is 0 Å². The van der Waals surface area contributed by atoms with Gasteiger partial charge in [-0.2, -0.15) is 0 Å². The highest BCUT2D eigenvalue weighted by Gasteiger charge is 2.13. The number of aryl methyl sites for hydroxylation is 1. The van der Waals surface area contributed by atoms with Crippen molar-refractivity contribution in [2.75, 3.05) is 25.1 Å². The molecule has 2 heterocycles. The van der Waals surface area contributed by atoms with E-state index in [4.69, 9.17) is 14.5 Å². The van der Waals surface area contributed by atoms with E-state index in [1.54, 1.807) is 0 Å². The van der Waals surface area contributed by atoms with Crippen molar-refractivity contribution in [3.05, 3.63) is 23.8 Å². The smallest absolute Gasteiger partial charge is 0.163 e. The van der Waals surface area contributed by atoms with E-state index in [2.05, 4.69) is 25.2 Å². The van der Waals surface area contributed by atoms with Gasteiger partial charge in [-0.15, -0.1) is 0 Å². The molecular formula is C16H20N2O2. The number of aromatic nitrogens is 1. The van der Waals surface area contributed by atoms with Gasteiger partial charge in [0.1, 0.15) is 5.82 Å². The van der Waals surface area contributed by atoms with E-state index in [1.165, 1.54) is 5.56 Å². The first-order chi connectivity index (χ1) is 9.81. The normalized spacial score (nSPS) is 14.1. The number of nitrogens with one attached hydrogen (secondary N) is 1. The number of hydrogen-bond acceptors (Lipinski definition) is 4. The fourth-order valence-corrected chi connectivity index (χ4v) is 2.46. The topological polar surface area (TPSA) is 43.4 Å². The number of rotatable bonds is 3. The highest BCUT2D eigenvalue weighted by Crippen LogP contribution is 2.34. The zero-order chi connectivity index (χ0) is 13.9. The summed E-state index contributed by atoms with van der Waals surface area (Å²) in [6.07, 6.45) is 1.88. The molecule has 0 saturated carbocycles. The molecule has 2 aromatic rings. The third kappa shape index (κ3) is 2.38. The first-order valence-electron chi connectivity index (χ1n) is 7.29. The van der Waals surface area contributed by atoms with Gasteiger partial charge < -0.3 is 14.8 Å². The predicted molar refractivity (Wildman–Crippen MR) is 80.9 cm³/mol. The van der Waals surface area contributed by atoms with Crippen molar-refractivity contribution in [1.82, 2.24) is 4.98 Å². The van der Waals surface area contributed by atoms with Gasteiger partial charge in [-0.3, -0.25) is 0 Å². The number of pyridine rings is 1. The fourth-order valence-electron chi connectivity index (χ4n) is 2.46. The van der Waals surface area contributed by atoms with Crippen LogP contribution in [0.5, 0.6) is 11.5 Å². The molecule has 0 saturated heterocycles. The molecule has 1 N–H and O–H groups in total. The van der Waals surface area contributed by atoms with E-state index in [1.807, 2.05) is 12.1 Å². The molecule has 0 aliphatic carbocycles. The summed E-state index contributed by atoms with van der Waals surface area (Å²) in [5, 5.41) is 4.43. The summed E-state index contributed by atoms with van der Waals surface area (Å²) in [6.45, 7) is 6.51. The average Bonchev–Trinajstić information content (AvgIpc) is 2.69. The van der Waals surface area contributed by atoms with Crippen molar-refractivity contribution in [2.24, 2.45) is 0 Å². The Morgan fingerprint density at radius 1 is 1.10 bits per heavy atom. The number of hydrogen-bond donors (Lipinski definition) is 1. The highest BCUT2D eigenvalue weighted by molar-refractivity contribution is 5.85. The van der Waals surface area contributed by atoms with Crippen LogP contribution in [0.3, 0.4) is 0 Å². The first-order valence-corrected chi connectivity index (χ1v) is 7.29. The average molecular weight is 272 g/mol. The molecule has 0 amide bonds. The van der Waals surface area contributed by atoms with Gasteiger partial charge in [-0.25, -0.2) is 4.98 Å². The maximum Gasteiger partial charge on any atom is 0.163 e. The Labute approximate surface area is 119 Å². The van der Waals surface area contributed by atoms with E-state index in [9.17, 15) is 0 Å². The van der Waals surface area contributed by atoms with E-state index < -0.39 is 0 Å². The van der Waals surface area contributed by atoms with Crippen LogP contribution in [0.25, 0.3) is 10.9 Å². The van der Waals surface area contributed by atoms with Gasteiger partial charge in [0.15, 0.2) is 11.5 Å². The van der Waals surface area contributed by atoms with Crippen LogP contribution in [0.4, 0.5) is 5.82 Å². The first kappa shape index (κ1) is 13.0. The van der Waals surface area contributed by atoms with E-state index in [0.717, 1.165) is 47.6 Å². The SMILES string of the molecule is CCNc1nc2cc3c(cc2cc1CC)OCCCO3. The minimum atomic E-state index is 0.700. The van der Waals surface area contributed by atoms with E-state index in [-0.39, 0.29) is 0 Å². The zero-order valence-electron chi connectivity index (χ0n) is 12.0. The number of fused-ring (bicyclic) bond motifs is 2. The molecule has 1 aliphatic rings. The summed E-state index contributed by atoms with van der Waals surface area (Å²) < 4.78 is 11.5. The molecule has 20 heavy (non-hydrogen) atoms. The zero-order valence-corrected chi connectivity index (χ0v) is 12.0. The molecule has 1 aromatic heterocycles. The third-order valence-corrected chi connectivity index (χ3v) is 3.49. The summed E-state index contributed by atoms with van der Waals surface area (Å²) in [6, 6.07) is 6.21. The number of benzene rings is 1. The molecule has 4 nitrogen and oxygen atoms in total. The lowest BCUT2D eigenvalue weighted by Crippen LogP contribution is -2.03. The predicted octanol–water partition coefficient (Wildman–Crippen LogP) is 3.39. The molecule has 0 radical (unpaired) electrons. The van der Waals surface area contributed by atoms with Crippen LogP contribution >= 0.6 is 0 Å². The van der Waals surface area contributed by atoms with Gasteiger partial charge in [0, 0.05) is 24.4 Å². The number of nitrogens with zero attached hydrogens (tertiary/aromatic N) is 1. The second-order valence-electron chi connectivity index (χ2n) is 4.92. The van der Waals surface area contributed by atoms with Crippen molar-refractivity contribution in [2.45, 2.75) is 26.7 Å². The van der Waals surface area contributed by atoms with Crippen LogP contribution in [-0.2, 0) is 6.42 Å². The van der Waals surface area contributed by atoms with Crippen molar-refractivity contribution in [3.63, 3.8) is 0 Å². The van der Waals surface area contributed by atoms with E-state index in [0.29, 0.717) is 13.2 Å². The second kappa shape index (κ2) is 5.57. The molecule has 3 rings (SSSR count). The van der Waals surface area contributed by atoms with Gasteiger partial charge in [0.05, 0.1) is 18.7 Å². The second-order valence-corrected chi connectivity index (χ2v) is 4.92. The summed E-state index contributed by atoms with van der Waals surface area (Å²) in [5.41, 5.74) is 2.18. The minimum absolute atomic E-state index is 0.700. The highest BCUT2D eigenvalue weighted by atomic mass is 16.5. The van der Waals surface area contributed by atoms with Gasteiger partial charge in [0.25, 0.3) is 0 Å². The Kier molecular flexibility index (Phi) is 3.63. The molecule has 0 unspecified atom stereocenters. The van der Waals surface area contributed by atoms with E-state index >= 15 is 0 Å². The molecule has 0 atom stereocenters. The molecule has 4 heteroatoms. The van der Waals surface area contributed by atoms with Crippen LogP contribution in [0, 0.1) is 0 Å². The Bertz CT molecular complexity index is 615. The lowest BCUT2D eigenvalue weighted by atomic mass is 10.1. The Hall–Kier alpha value is -1.97. The molecule has 0 bridgehead atoms. The Morgan fingerprint density at radius 2 is 1.85 bits per heavy atom. The minimum Gasteiger partial charge on any atom is -0.490 e. The van der Waals surface area contributed by atoms with Gasteiger partial charge in [0.2, 0.25) is 0 Å². The lowest BCUT2D eigenvalue weighted by molar-refractivity contribution is 0.297. The molecule has 1 aromatic carbocycles. The van der Waals surface area contributed by atoms with Gasteiger partial charge in [-0.05, 0) is 31.0 Å². The number of ether oxygens (including phenoxy) is 2. The van der Waals surface area contributed by atoms with Gasteiger partial charge in [-0.1, -0.05) is 6.92 Å². The fraction of sp³-hybridized carbons (Fsp3) is 0.438. The van der Waals surface area contributed by atoms with Crippen LogP contribution in [0.15, 0.2) is 18.2 Å². The largest absolute Gasteiger partial charge is 0.490 e. The Morgan fingerprint density at radius 3 is 2.55 bits per heavy atom. The summed E-state index contributed by atoms with van der Waals surface area (Å²) in [7, 11) is 0. The molecule has 0 fully saturated rings. The quantitative estimate of drug-likeness (QED) is 0.930. The summed E-state index contributed by atoms with van der Waals surface area (Å²) in [5.74, 6) is 2.60. The third-order valence-electron chi connectivity index (χ3n) is 3.49. The standard InChI is InChI=1S/C16H20N2O2/c1-3-11-8-12-9-14-15(20-7-5-6-19-14)10-13(12)18-16(11)17-4-2/h8-10H,3-7H2,1-2H3,(H,17,18). The van der Waals surface area contributed by atoms with Crippen LogP contribution < -0.4 is 14.8 Å². The van der Waals surface area contributed by atoms with Gasteiger partial charge >= 0.3 is 0 Å². The number of anilines is 1. The molecule has 1 aliphatic heterocycles. The van der Waals surface area contributed by atoms with Crippen molar-refractivity contribution < 1.29 is 9.47 Å². The molecule has 106 valence electrons. The van der Waals surface area contributed by atoms with Crippen LogP contribution in [0.1, 0.15) is 25.8 Å². The maximum atomic E-state index is 5.74. The maximum absolute atomic E-state index is 5.74. The van der Waals surface area contributed by atoms with Crippen molar-refractivity contribution >= 4 is 16.7 Å². The molecular weight excluding hydrogens is 252 g/mol. The summed E-state index contributed by atoms with van der Waals surface area (Å²) in [4.78, 5) is 4.73.